The fourth-order valence-electron chi connectivity index (χ4n) is 1.20. The molecule has 0 bridgehead atoms. The van der Waals surface area contributed by atoms with Gasteiger partial charge in [-0.25, -0.2) is 9.18 Å². The van der Waals surface area contributed by atoms with E-state index < -0.39 is 23.9 Å². The van der Waals surface area contributed by atoms with Gasteiger partial charge in [0.1, 0.15) is 11.9 Å². The van der Waals surface area contributed by atoms with Crippen LogP contribution in [0.4, 0.5) is 14.9 Å². The molecule has 0 aliphatic rings. The minimum absolute atomic E-state index is 0.217. The zero-order valence-electron chi connectivity index (χ0n) is 9.75. The number of halogens is 2. The van der Waals surface area contributed by atoms with Gasteiger partial charge in [0, 0.05) is 5.69 Å². The van der Waals surface area contributed by atoms with Gasteiger partial charge in [-0.3, -0.25) is 4.79 Å². The van der Waals surface area contributed by atoms with E-state index in [-0.39, 0.29) is 4.47 Å². The monoisotopic (exact) mass is 318 g/mol. The van der Waals surface area contributed by atoms with Crippen LogP contribution in [0, 0.1) is 12.7 Å². The van der Waals surface area contributed by atoms with Crippen molar-refractivity contribution >= 4 is 33.6 Å². The molecule has 0 saturated carbocycles. The zero-order chi connectivity index (χ0) is 13.9. The summed E-state index contributed by atoms with van der Waals surface area (Å²) in [5, 5.41) is 13.3. The van der Waals surface area contributed by atoms with Gasteiger partial charge in [-0.2, -0.15) is 0 Å². The number of aliphatic carboxylic acids is 1. The molecule has 1 atom stereocenters. The fraction of sp³-hybridized carbons (Fsp3) is 0.273. The summed E-state index contributed by atoms with van der Waals surface area (Å²) in [7, 11) is 0. The van der Waals surface area contributed by atoms with E-state index in [1.54, 1.807) is 6.92 Å². The Labute approximate surface area is 112 Å². The molecule has 7 heteroatoms. The molecule has 1 unspecified atom stereocenters. The number of anilines is 1. The lowest BCUT2D eigenvalue weighted by molar-refractivity contribution is -0.138. The minimum Gasteiger partial charge on any atom is -0.480 e. The molecular formula is C11H12BrFN2O3. The van der Waals surface area contributed by atoms with Crippen LogP contribution in [0.2, 0.25) is 0 Å². The van der Waals surface area contributed by atoms with Gasteiger partial charge in [0.05, 0.1) is 4.47 Å². The summed E-state index contributed by atoms with van der Waals surface area (Å²) in [4.78, 5) is 22.0. The van der Waals surface area contributed by atoms with Crippen molar-refractivity contribution in [3.05, 3.63) is 28.0 Å². The number of amides is 2. The second-order valence-corrected chi connectivity index (χ2v) is 4.59. The second kappa shape index (κ2) is 5.81. The first kappa shape index (κ1) is 14.4. The molecule has 5 nitrogen and oxygen atoms in total. The molecule has 0 aliphatic carbocycles. The molecule has 0 saturated heterocycles. The van der Waals surface area contributed by atoms with E-state index in [0.29, 0.717) is 11.3 Å². The molecule has 18 heavy (non-hydrogen) atoms. The third kappa shape index (κ3) is 3.69. The number of hydrogen-bond donors (Lipinski definition) is 3. The number of carboxylic acids is 1. The zero-order valence-corrected chi connectivity index (χ0v) is 11.3. The smallest absolute Gasteiger partial charge is 0.325 e. The summed E-state index contributed by atoms with van der Waals surface area (Å²) >= 11 is 3.00. The summed E-state index contributed by atoms with van der Waals surface area (Å²) in [6.07, 6.45) is 0. The van der Waals surface area contributed by atoms with Crippen LogP contribution in [0.15, 0.2) is 16.6 Å². The van der Waals surface area contributed by atoms with Gasteiger partial charge in [0.2, 0.25) is 0 Å². The van der Waals surface area contributed by atoms with E-state index in [0.717, 1.165) is 0 Å². The lowest BCUT2D eigenvalue weighted by Crippen LogP contribution is -2.40. The normalized spacial score (nSPS) is 11.8. The molecular weight excluding hydrogens is 307 g/mol. The van der Waals surface area contributed by atoms with Crippen molar-refractivity contribution in [3.63, 3.8) is 0 Å². The Morgan fingerprint density at radius 3 is 2.61 bits per heavy atom. The molecule has 0 heterocycles. The Balaban J connectivity index is 2.76. The average molecular weight is 319 g/mol. The standard InChI is InChI=1S/C11H12BrFN2O3/c1-5-3-8(13)7(12)4-9(5)15-11(18)14-6(2)10(16)17/h3-4,6H,1-2H3,(H,16,17)(H2,14,15,18). The third-order valence-electron chi connectivity index (χ3n) is 2.23. The number of urea groups is 1. The first-order chi connectivity index (χ1) is 8.31. The number of benzene rings is 1. The van der Waals surface area contributed by atoms with Crippen LogP contribution in [-0.2, 0) is 4.79 Å². The number of aryl methyl sites for hydroxylation is 1. The Morgan fingerprint density at radius 2 is 2.06 bits per heavy atom. The van der Waals surface area contributed by atoms with Crippen molar-refractivity contribution in [2.45, 2.75) is 19.9 Å². The number of hydrogen-bond acceptors (Lipinski definition) is 2. The first-order valence-electron chi connectivity index (χ1n) is 5.07. The fourth-order valence-corrected chi connectivity index (χ4v) is 1.54. The van der Waals surface area contributed by atoms with Crippen LogP contribution < -0.4 is 10.6 Å². The maximum atomic E-state index is 13.2. The van der Waals surface area contributed by atoms with Gasteiger partial charge in [0.15, 0.2) is 0 Å². The number of rotatable bonds is 3. The van der Waals surface area contributed by atoms with Crippen molar-refractivity contribution in [1.29, 1.82) is 0 Å². The average Bonchev–Trinajstić information content (AvgIpc) is 2.25. The topological polar surface area (TPSA) is 78.4 Å². The molecule has 0 spiro atoms. The van der Waals surface area contributed by atoms with Crippen molar-refractivity contribution in [1.82, 2.24) is 5.32 Å². The number of carbonyl (C=O) groups excluding carboxylic acids is 1. The van der Waals surface area contributed by atoms with Crippen LogP contribution in [-0.4, -0.2) is 23.1 Å². The highest BCUT2D eigenvalue weighted by Gasteiger charge is 2.15. The molecule has 0 fully saturated rings. The second-order valence-electron chi connectivity index (χ2n) is 3.74. The molecule has 98 valence electrons. The van der Waals surface area contributed by atoms with Gasteiger partial charge in [-0.05, 0) is 47.5 Å². The lowest BCUT2D eigenvalue weighted by Gasteiger charge is -2.12. The highest BCUT2D eigenvalue weighted by molar-refractivity contribution is 9.10. The van der Waals surface area contributed by atoms with E-state index in [9.17, 15) is 14.0 Å². The maximum Gasteiger partial charge on any atom is 0.325 e. The van der Waals surface area contributed by atoms with E-state index in [2.05, 4.69) is 26.6 Å². The van der Waals surface area contributed by atoms with Gasteiger partial charge in [-0.1, -0.05) is 0 Å². The molecule has 1 aromatic rings. The van der Waals surface area contributed by atoms with Crippen molar-refractivity contribution < 1.29 is 19.1 Å². The maximum absolute atomic E-state index is 13.2. The number of carboxylic acid groups (broad SMARTS) is 1. The van der Waals surface area contributed by atoms with Gasteiger partial charge in [-0.15, -0.1) is 0 Å². The van der Waals surface area contributed by atoms with Crippen LogP contribution >= 0.6 is 15.9 Å². The number of carbonyl (C=O) groups is 2. The largest absolute Gasteiger partial charge is 0.480 e. The third-order valence-corrected chi connectivity index (χ3v) is 2.84. The van der Waals surface area contributed by atoms with E-state index in [4.69, 9.17) is 5.11 Å². The molecule has 2 amide bonds. The predicted molar refractivity (Wildman–Crippen MR) is 68.1 cm³/mol. The van der Waals surface area contributed by atoms with Gasteiger partial charge >= 0.3 is 12.0 Å². The molecule has 0 aliphatic heterocycles. The highest BCUT2D eigenvalue weighted by Crippen LogP contribution is 2.24. The first-order valence-corrected chi connectivity index (χ1v) is 5.86. The van der Waals surface area contributed by atoms with Gasteiger partial charge < -0.3 is 15.7 Å². The van der Waals surface area contributed by atoms with Crippen molar-refractivity contribution in [2.75, 3.05) is 5.32 Å². The van der Waals surface area contributed by atoms with Crippen LogP contribution in [0.5, 0.6) is 0 Å². The SMILES string of the molecule is Cc1cc(F)c(Br)cc1NC(=O)NC(C)C(=O)O. The van der Waals surface area contributed by atoms with Crippen LogP contribution in [0.3, 0.4) is 0 Å². The summed E-state index contributed by atoms with van der Waals surface area (Å²) in [5.74, 6) is -1.57. The Morgan fingerprint density at radius 1 is 1.44 bits per heavy atom. The summed E-state index contributed by atoms with van der Waals surface area (Å²) in [5.41, 5.74) is 0.937. The summed E-state index contributed by atoms with van der Waals surface area (Å²) in [6, 6.07) is 1.01. The molecule has 1 rings (SSSR count). The van der Waals surface area contributed by atoms with Crippen molar-refractivity contribution in [2.24, 2.45) is 0 Å². The Hall–Kier alpha value is -1.63. The lowest BCUT2D eigenvalue weighted by atomic mass is 10.2. The van der Waals surface area contributed by atoms with E-state index in [1.807, 2.05) is 0 Å². The highest BCUT2D eigenvalue weighted by atomic mass is 79.9. The van der Waals surface area contributed by atoms with Crippen LogP contribution in [0.1, 0.15) is 12.5 Å². The summed E-state index contributed by atoms with van der Waals surface area (Å²) < 4.78 is 13.4. The van der Waals surface area contributed by atoms with Crippen LogP contribution in [0.25, 0.3) is 0 Å². The molecule has 0 radical (unpaired) electrons. The van der Waals surface area contributed by atoms with Crippen molar-refractivity contribution in [3.8, 4) is 0 Å². The molecule has 0 aromatic heterocycles. The Bertz CT molecular complexity index is 493. The number of nitrogens with one attached hydrogen (secondary N) is 2. The quantitative estimate of drug-likeness (QED) is 0.801. The molecule has 1 aromatic carbocycles. The molecule has 3 N–H and O–H groups in total. The van der Waals surface area contributed by atoms with Gasteiger partial charge in [0.25, 0.3) is 0 Å². The Kier molecular flexibility index (Phi) is 4.66. The van der Waals surface area contributed by atoms with E-state index in [1.165, 1.54) is 19.1 Å². The van der Waals surface area contributed by atoms with E-state index >= 15 is 0 Å². The minimum atomic E-state index is -1.14. The predicted octanol–water partition coefficient (Wildman–Crippen LogP) is 2.49. The summed E-state index contributed by atoms with van der Waals surface area (Å²) in [6.45, 7) is 2.97.